The second-order valence-corrected chi connectivity index (χ2v) is 10.2. The van der Waals surface area contributed by atoms with Crippen LogP contribution in [0, 0.1) is 5.92 Å². The summed E-state index contributed by atoms with van der Waals surface area (Å²) in [5.74, 6) is 0.132. The summed E-state index contributed by atoms with van der Waals surface area (Å²) in [4.78, 5) is 0.00440. The Hall–Kier alpha value is -0.710. The number of benzene rings is 1. The van der Waals surface area contributed by atoms with Gasteiger partial charge in [-0.1, -0.05) is 19.9 Å². The predicted octanol–water partition coefficient (Wildman–Crippen LogP) is 1.50. The average Bonchev–Trinajstić information content (AvgIpc) is 2.97. The van der Waals surface area contributed by atoms with Gasteiger partial charge in [0.15, 0.2) is 0 Å². The highest BCUT2D eigenvalue weighted by molar-refractivity contribution is 7.90. The lowest BCUT2D eigenvalue weighted by atomic mass is 10.1. The van der Waals surface area contributed by atoms with Crippen LogP contribution in [0.1, 0.15) is 27.2 Å². The highest BCUT2D eigenvalue weighted by atomic mass is 35.5. The normalized spacial score (nSPS) is 21.7. The Bertz CT molecular complexity index is 811. The molecule has 0 aliphatic carbocycles. The Morgan fingerprint density at radius 2 is 1.73 bits per heavy atom. The predicted molar refractivity (Wildman–Crippen MR) is 104 cm³/mol. The lowest BCUT2D eigenvalue weighted by molar-refractivity contribution is 0.404. The molecule has 150 valence electrons. The van der Waals surface area contributed by atoms with Crippen molar-refractivity contribution in [2.75, 3.05) is 26.2 Å². The van der Waals surface area contributed by atoms with Gasteiger partial charge in [-0.2, -0.15) is 8.61 Å². The topological polar surface area (TPSA) is 101 Å². The van der Waals surface area contributed by atoms with Gasteiger partial charge < -0.3 is 5.73 Å². The van der Waals surface area contributed by atoms with E-state index in [4.69, 9.17) is 5.73 Å². The van der Waals surface area contributed by atoms with E-state index in [1.807, 2.05) is 6.92 Å². The highest BCUT2D eigenvalue weighted by Gasteiger charge is 2.37. The molecule has 1 saturated heterocycles. The minimum absolute atomic E-state index is 0. The van der Waals surface area contributed by atoms with Gasteiger partial charge in [0.2, 0.25) is 20.0 Å². The SMILES string of the molecule is CCN(CC)S(=O)(=O)c1cccc(S(=O)(=O)N2CC(CN)CC2C)c1.Cl. The maximum Gasteiger partial charge on any atom is 0.243 e. The molecule has 1 heterocycles. The van der Waals surface area contributed by atoms with Crippen LogP contribution in [0.4, 0.5) is 0 Å². The Morgan fingerprint density at radius 1 is 1.15 bits per heavy atom. The first-order chi connectivity index (χ1) is 11.7. The van der Waals surface area contributed by atoms with Gasteiger partial charge in [-0.3, -0.25) is 0 Å². The first-order valence-electron chi connectivity index (χ1n) is 8.50. The van der Waals surface area contributed by atoms with Gasteiger partial charge in [0.1, 0.15) is 0 Å². The molecule has 2 unspecified atom stereocenters. The molecule has 2 N–H and O–H groups in total. The minimum Gasteiger partial charge on any atom is -0.330 e. The zero-order chi connectivity index (χ0) is 18.8. The van der Waals surface area contributed by atoms with Gasteiger partial charge in [-0.05, 0) is 44.0 Å². The van der Waals surface area contributed by atoms with Crippen LogP contribution in [0.15, 0.2) is 34.1 Å². The van der Waals surface area contributed by atoms with Crippen LogP contribution < -0.4 is 5.73 Å². The van der Waals surface area contributed by atoms with E-state index >= 15 is 0 Å². The molecule has 10 heteroatoms. The maximum atomic E-state index is 13.0. The molecular weight excluding hydrogens is 398 g/mol. The van der Waals surface area contributed by atoms with Crippen molar-refractivity contribution in [2.45, 2.75) is 43.0 Å². The second kappa shape index (κ2) is 8.99. The largest absolute Gasteiger partial charge is 0.330 e. The van der Waals surface area contributed by atoms with Gasteiger partial charge in [0.25, 0.3) is 0 Å². The fraction of sp³-hybridized carbons (Fsp3) is 0.625. The molecule has 1 aliphatic rings. The number of hydrogen-bond donors (Lipinski definition) is 1. The van der Waals surface area contributed by atoms with E-state index < -0.39 is 20.0 Å². The summed E-state index contributed by atoms with van der Waals surface area (Å²) in [6.07, 6.45) is 0.715. The lowest BCUT2D eigenvalue weighted by Crippen LogP contribution is -2.35. The first-order valence-corrected chi connectivity index (χ1v) is 11.4. The number of nitrogens with zero attached hydrogens (tertiary/aromatic N) is 2. The molecule has 7 nitrogen and oxygen atoms in total. The van der Waals surface area contributed by atoms with E-state index in [0.717, 1.165) is 0 Å². The van der Waals surface area contributed by atoms with E-state index in [9.17, 15) is 16.8 Å². The van der Waals surface area contributed by atoms with Crippen LogP contribution in [0.3, 0.4) is 0 Å². The molecule has 0 bridgehead atoms. The second-order valence-electron chi connectivity index (χ2n) is 6.33. The number of nitrogens with two attached hydrogens (primary N) is 1. The van der Waals surface area contributed by atoms with Crippen molar-refractivity contribution >= 4 is 32.5 Å². The van der Waals surface area contributed by atoms with Crippen molar-refractivity contribution in [3.05, 3.63) is 24.3 Å². The van der Waals surface area contributed by atoms with Gasteiger partial charge in [0.05, 0.1) is 9.79 Å². The molecule has 0 amide bonds. The number of halogens is 1. The third-order valence-corrected chi connectivity index (χ3v) is 8.71. The fourth-order valence-electron chi connectivity index (χ4n) is 3.26. The zero-order valence-corrected chi connectivity index (χ0v) is 17.8. The lowest BCUT2D eigenvalue weighted by Gasteiger charge is -2.22. The molecule has 1 aromatic rings. The van der Waals surface area contributed by atoms with Crippen LogP contribution in [-0.4, -0.2) is 57.7 Å². The van der Waals surface area contributed by atoms with Gasteiger partial charge >= 0.3 is 0 Å². The number of hydrogen-bond acceptors (Lipinski definition) is 5. The van der Waals surface area contributed by atoms with Gasteiger partial charge in [-0.25, -0.2) is 16.8 Å². The van der Waals surface area contributed by atoms with E-state index in [1.165, 1.54) is 32.9 Å². The molecule has 0 saturated carbocycles. The first kappa shape index (κ1) is 23.3. The molecule has 1 fully saturated rings. The van der Waals surface area contributed by atoms with Crippen molar-refractivity contribution in [3.8, 4) is 0 Å². The molecular formula is C16H28ClN3O4S2. The molecule has 2 rings (SSSR count). The van der Waals surface area contributed by atoms with Crippen LogP contribution >= 0.6 is 12.4 Å². The van der Waals surface area contributed by atoms with E-state index in [1.54, 1.807) is 13.8 Å². The van der Waals surface area contributed by atoms with Crippen molar-refractivity contribution in [1.29, 1.82) is 0 Å². The standard InChI is InChI=1S/C16H27N3O4S2.ClH/c1-4-18(5-2)24(20,21)15-7-6-8-16(10-15)25(22,23)19-12-14(11-17)9-13(19)3;/h6-8,10,13-14H,4-5,9,11-12,17H2,1-3H3;1H. The van der Waals surface area contributed by atoms with E-state index in [-0.39, 0.29) is 34.2 Å². The molecule has 0 spiro atoms. The molecule has 0 aromatic heterocycles. The van der Waals surface area contributed by atoms with Crippen LogP contribution in [0.25, 0.3) is 0 Å². The Labute approximate surface area is 163 Å². The van der Waals surface area contributed by atoms with Crippen LogP contribution in [0.5, 0.6) is 0 Å². The van der Waals surface area contributed by atoms with Crippen LogP contribution in [0.2, 0.25) is 0 Å². The number of rotatable bonds is 7. The smallest absolute Gasteiger partial charge is 0.243 e. The molecule has 26 heavy (non-hydrogen) atoms. The fourth-order valence-corrected chi connectivity index (χ4v) is 6.60. The van der Waals surface area contributed by atoms with E-state index in [2.05, 4.69) is 0 Å². The summed E-state index contributed by atoms with van der Waals surface area (Å²) in [5.41, 5.74) is 5.68. The van der Waals surface area contributed by atoms with E-state index in [0.29, 0.717) is 32.6 Å². The third-order valence-electron chi connectivity index (χ3n) is 4.69. The van der Waals surface area contributed by atoms with Gasteiger partial charge in [0, 0.05) is 25.7 Å². The highest BCUT2D eigenvalue weighted by Crippen LogP contribution is 2.30. The third kappa shape index (κ3) is 4.40. The summed E-state index contributed by atoms with van der Waals surface area (Å²) < 4.78 is 54.0. The summed E-state index contributed by atoms with van der Waals surface area (Å²) >= 11 is 0. The van der Waals surface area contributed by atoms with Gasteiger partial charge in [-0.15, -0.1) is 12.4 Å². The molecule has 2 atom stereocenters. The average molecular weight is 426 g/mol. The van der Waals surface area contributed by atoms with Crippen molar-refractivity contribution in [1.82, 2.24) is 8.61 Å². The minimum atomic E-state index is -3.76. The Morgan fingerprint density at radius 3 is 2.23 bits per heavy atom. The zero-order valence-electron chi connectivity index (χ0n) is 15.3. The van der Waals surface area contributed by atoms with Crippen molar-refractivity contribution in [3.63, 3.8) is 0 Å². The number of sulfonamides is 2. The Kier molecular flexibility index (Phi) is 8.06. The summed E-state index contributed by atoms with van der Waals surface area (Å²) in [6, 6.07) is 5.46. The monoisotopic (exact) mass is 425 g/mol. The summed E-state index contributed by atoms with van der Waals surface area (Å²) in [5, 5.41) is 0. The van der Waals surface area contributed by atoms with Crippen LogP contribution in [-0.2, 0) is 20.0 Å². The maximum absolute atomic E-state index is 13.0. The molecule has 0 radical (unpaired) electrons. The molecule has 1 aliphatic heterocycles. The van der Waals surface area contributed by atoms with Crippen molar-refractivity contribution in [2.24, 2.45) is 11.7 Å². The quantitative estimate of drug-likeness (QED) is 0.713. The summed E-state index contributed by atoms with van der Waals surface area (Å²) in [6.45, 7) is 6.82. The van der Waals surface area contributed by atoms with Crippen molar-refractivity contribution < 1.29 is 16.8 Å². The molecule has 1 aromatic carbocycles. The Balaban J connectivity index is 0.00000338. The summed E-state index contributed by atoms with van der Waals surface area (Å²) in [7, 11) is -7.46.